The van der Waals surface area contributed by atoms with Crippen LogP contribution in [-0.4, -0.2) is 42.0 Å². The average Bonchev–Trinajstić information content (AvgIpc) is 2.30. The monoisotopic (exact) mass is 171 g/mol. The Bertz CT molecular complexity index is 138. The quantitative estimate of drug-likeness (QED) is 0.626. The molecule has 1 saturated heterocycles. The smallest absolute Gasteiger partial charge is 0.133 e. The third-order valence-electron chi connectivity index (χ3n) is 2.52. The standard InChI is InChI=1S/C9H17NO2/c11-7-6-10-5-3-1-2-4-9(10)8-12/h7,9,12H,1-6,8H2. The molecule has 1 heterocycles. The molecule has 3 heteroatoms. The van der Waals surface area contributed by atoms with E-state index in [1.807, 2.05) is 0 Å². The normalized spacial score (nSPS) is 26.6. The molecule has 1 unspecified atom stereocenters. The first-order valence-electron chi connectivity index (χ1n) is 4.67. The largest absolute Gasteiger partial charge is 0.395 e. The van der Waals surface area contributed by atoms with E-state index in [-0.39, 0.29) is 12.6 Å². The van der Waals surface area contributed by atoms with Crippen LogP contribution in [0.2, 0.25) is 0 Å². The number of nitrogens with zero attached hydrogens (tertiary/aromatic N) is 1. The Balaban J connectivity index is 2.44. The molecule has 1 fully saturated rings. The Morgan fingerprint density at radius 2 is 2.25 bits per heavy atom. The number of rotatable bonds is 3. The van der Waals surface area contributed by atoms with E-state index >= 15 is 0 Å². The summed E-state index contributed by atoms with van der Waals surface area (Å²) in [7, 11) is 0. The van der Waals surface area contributed by atoms with Gasteiger partial charge in [-0.25, -0.2) is 0 Å². The predicted molar refractivity (Wildman–Crippen MR) is 47.0 cm³/mol. The number of hydrogen-bond donors (Lipinski definition) is 1. The molecule has 0 aliphatic carbocycles. The molecule has 0 amide bonds. The van der Waals surface area contributed by atoms with Gasteiger partial charge in [0.15, 0.2) is 0 Å². The van der Waals surface area contributed by atoms with Crippen LogP contribution in [0.15, 0.2) is 0 Å². The van der Waals surface area contributed by atoms with Gasteiger partial charge in [-0.05, 0) is 19.4 Å². The Morgan fingerprint density at radius 1 is 1.42 bits per heavy atom. The van der Waals surface area contributed by atoms with Crippen LogP contribution in [0.1, 0.15) is 25.7 Å². The van der Waals surface area contributed by atoms with Crippen LogP contribution in [0.25, 0.3) is 0 Å². The molecule has 0 bridgehead atoms. The first-order valence-corrected chi connectivity index (χ1v) is 4.67. The van der Waals surface area contributed by atoms with Crippen LogP contribution in [0.5, 0.6) is 0 Å². The van der Waals surface area contributed by atoms with Crippen molar-refractivity contribution in [1.29, 1.82) is 0 Å². The van der Waals surface area contributed by atoms with E-state index < -0.39 is 0 Å². The molecule has 1 rings (SSSR count). The summed E-state index contributed by atoms with van der Waals surface area (Å²) in [5.74, 6) is 0. The van der Waals surface area contributed by atoms with Crippen molar-refractivity contribution < 1.29 is 9.90 Å². The maximum atomic E-state index is 10.3. The number of aliphatic hydroxyl groups is 1. The predicted octanol–water partition coefficient (Wildman–Crippen LogP) is 0.422. The van der Waals surface area contributed by atoms with Gasteiger partial charge >= 0.3 is 0 Å². The number of hydrogen-bond acceptors (Lipinski definition) is 3. The molecule has 3 nitrogen and oxygen atoms in total. The fraction of sp³-hybridized carbons (Fsp3) is 0.889. The van der Waals surface area contributed by atoms with Crippen molar-refractivity contribution in [2.75, 3.05) is 19.7 Å². The second-order valence-corrected chi connectivity index (χ2v) is 3.35. The van der Waals surface area contributed by atoms with Gasteiger partial charge in [-0.2, -0.15) is 0 Å². The molecular formula is C9H17NO2. The molecule has 1 atom stereocenters. The molecule has 12 heavy (non-hydrogen) atoms. The van der Waals surface area contributed by atoms with Gasteiger partial charge < -0.3 is 9.90 Å². The highest BCUT2D eigenvalue weighted by atomic mass is 16.3. The Kier molecular flexibility index (Phi) is 4.25. The third kappa shape index (κ3) is 2.57. The van der Waals surface area contributed by atoms with Crippen molar-refractivity contribution >= 4 is 6.29 Å². The minimum atomic E-state index is 0.188. The molecule has 0 radical (unpaired) electrons. The van der Waals surface area contributed by atoms with Crippen LogP contribution < -0.4 is 0 Å². The Hall–Kier alpha value is -0.410. The minimum Gasteiger partial charge on any atom is -0.395 e. The van der Waals surface area contributed by atoms with Gasteiger partial charge in [0.05, 0.1) is 13.2 Å². The highest BCUT2D eigenvalue weighted by Gasteiger charge is 2.18. The van der Waals surface area contributed by atoms with Crippen molar-refractivity contribution in [2.45, 2.75) is 31.7 Å². The van der Waals surface area contributed by atoms with Gasteiger partial charge in [0.25, 0.3) is 0 Å². The van der Waals surface area contributed by atoms with E-state index in [4.69, 9.17) is 5.11 Å². The average molecular weight is 171 g/mol. The zero-order chi connectivity index (χ0) is 8.81. The van der Waals surface area contributed by atoms with Crippen LogP contribution in [0.4, 0.5) is 0 Å². The first kappa shape index (κ1) is 9.68. The highest BCUT2D eigenvalue weighted by Crippen LogP contribution is 2.15. The second kappa shape index (κ2) is 5.27. The Labute approximate surface area is 73.4 Å². The summed E-state index contributed by atoms with van der Waals surface area (Å²) in [6, 6.07) is 0.220. The van der Waals surface area contributed by atoms with Gasteiger partial charge in [0.2, 0.25) is 0 Å². The lowest BCUT2D eigenvalue weighted by atomic mass is 10.1. The molecule has 1 N–H and O–H groups in total. The van der Waals surface area contributed by atoms with Gasteiger partial charge in [-0.15, -0.1) is 0 Å². The van der Waals surface area contributed by atoms with E-state index in [1.165, 1.54) is 12.8 Å². The molecule has 1 aliphatic heterocycles. The van der Waals surface area contributed by atoms with Crippen molar-refractivity contribution in [3.63, 3.8) is 0 Å². The fourth-order valence-electron chi connectivity index (χ4n) is 1.78. The van der Waals surface area contributed by atoms with Crippen LogP contribution >= 0.6 is 0 Å². The molecule has 1 aliphatic rings. The number of aliphatic hydroxyl groups excluding tert-OH is 1. The van der Waals surface area contributed by atoms with Gasteiger partial charge in [0.1, 0.15) is 6.29 Å². The molecule has 0 aromatic rings. The van der Waals surface area contributed by atoms with Crippen molar-refractivity contribution in [3.8, 4) is 0 Å². The lowest BCUT2D eigenvalue weighted by Crippen LogP contribution is -2.38. The van der Waals surface area contributed by atoms with Gasteiger partial charge in [-0.1, -0.05) is 12.8 Å². The van der Waals surface area contributed by atoms with E-state index in [1.54, 1.807) is 0 Å². The summed E-state index contributed by atoms with van der Waals surface area (Å²) in [5, 5.41) is 9.06. The molecular weight excluding hydrogens is 154 g/mol. The van der Waals surface area contributed by atoms with E-state index in [9.17, 15) is 4.79 Å². The second-order valence-electron chi connectivity index (χ2n) is 3.35. The summed E-state index contributed by atoms with van der Waals surface area (Å²) < 4.78 is 0. The summed E-state index contributed by atoms with van der Waals surface area (Å²) >= 11 is 0. The molecule has 0 saturated carbocycles. The summed E-state index contributed by atoms with van der Waals surface area (Å²) in [4.78, 5) is 12.4. The summed E-state index contributed by atoms with van der Waals surface area (Å²) in [5.41, 5.74) is 0. The van der Waals surface area contributed by atoms with Crippen molar-refractivity contribution in [1.82, 2.24) is 4.90 Å². The molecule has 70 valence electrons. The van der Waals surface area contributed by atoms with E-state index in [0.29, 0.717) is 6.54 Å². The third-order valence-corrected chi connectivity index (χ3v) is 2.52. The van der Waals surface area contributed by atoms with Crippen LogP contribution in [-0.2, 0) is 4.79 Å². The first-order chi connectivity index (χ1) is 5.88. The number of aldehydes is 1. The number of carbonyl (C=O) groups is 1. The molecule has 0 spiro atoms. The SMILES string of the molecule is O=CCN1CCCCCC1CO. The van der Waals surface area contributed by atoms with Gasteiger partial charge in [-0.3, -0.25) is 4.90 Å². The Morgan fingerprint density at radius 3 is 2.92 bits per heavy atom. The summed E-state index contributed by atoms with van der Waals surface area (Å²) in [6.45, 7) is 1.63. The summed E-state index contributed by atoms with van der Waals surface area (Å²) in [6.07, 6.45) is 5.52. The zero-order valence-electron chi connectivity index (χ0n) is 7.41. The maximum absolute atomic E-state index is 10.3. The lowest BCUT2D eigenvalue weighted by Gasteiger charge is -2.25. The lowest BCUT2D eigenvalue weighted by molar-refractivity contribution is -0.109. The highest BCUT2D eigenvalue weighted by molar-refractivity contribution is 5.52. The van der Waals surface area contributed by atoms with E-state index in [0.717, 1.165) is 25.7 Å². The molecule has 0 aromatic carbocycles. The van der Waals surface area contributed by atoms with Gasteiger partial charge in [0, 0.05) is 6.04 Å². The minimum absolute atomic E-state index is 0.188. The number of carbonyl (C=O) groups excluding carboxylic acids is 1. The van der Waals surface area contributed by atoms with Crippen LogP contribution in [0, 0.1) is 0 Å². The topological polar surface area (TPSA) is 40.5 Å². The van der Waals surface area contributed by atoms with Crippen molar-refractivity contribution in [3.05, 3.63) is 0 Å². The molecule has 0 aromatic heterocycles. The van der Waals surface area contributed by atoms with Crippen molar-refractivity contribution in [2.24, 2.45) is 0 Å². The van der Waals surface area contributed by atoms with E-state index in [2.05, 4.69) is 4.90 Å². The van der Waals surface area contributed by atoms with Crippen LogP contribution in [0.3, 0.4) is 0 Å². The maximum Gasteiger partial charge on any atom is 0.133 e. The fourth-order valence-corrected chi connectivity index (χ4v) is 1.78. The zero-order valence-corrected chi connectivity index (χ0v) is 7.41. The number of likely N-dealkylation sites (tertiary alicyclic amines) is 1.